The van der Waals surface area contributed by atoms with Crippen LogP contribution in [0.15, 0.2) is 53.7 Å². The third-order valence-corrected chi connectivity index (χ3v) is 6.67. The molecule has 8 nitrogen and oxygen atoms in total. The van der Waals surface area contributed by atoms with Crippen molar-refractivity contribution in [3.05, 3.63) is 54.4 Å². The SMILES string of the molecule is COC1CCCC(CNS(=O)(=O)c2ccc(NC(=O)NCc3cccnc3)cc2)C1. The molecule has 1 fully saturated rings. The van der Waals surface area contributed by atoms with E-state index in [2.05, 4.69) is 20.3 Å². The number of aromatic nitrogens is 1. The van der Waals surface area contributed by atoms with Gasteiger partial charge in [0.2, 0.25) is 10.0 Å². The number of nitrogens with zero attached hydrogens (tertiary/aromatic N) is 1. The minimum atomic E-state index is -3.60. The molecule has 1 aromatic carbocycles. The van der Waals surface area contributed by atoms with Gasteiger partial charge in [0, 0.05) is 38.3 Å². The van der Waals surface area contributed by atoms with Crippen molar-refractivity contribution in [3.8, 4) is 0 Å². The van der Waals surface area contributed by atoms with Crippen LogP contribution < -0.4 is 15.4 Å². The highest BCUT2D eigenvalue weighted by Gasteiger charge is 2.23. The quantitative estimate of drug-likeness (QED) is 0.594. The van der Waals surface area contributed by atoms with Crippen molar-refractivity contribution in [2.75, 3.05) is 19.0 Å². The smallest absolute Gasteiger partial charge is 0.319 e. The normalized spacial score (nSPS) is 19.2. The summed E-state index contributed by atoms with van der Waals surface area (Å²) in [5, 5.41) is 5.41. The zero-order valence-electron chi connectivity index (χ0n) is 17.0. The molecular formula is C21H28N4O4S. The number of methoxy groups -OCH3 is 1. The van der Waals surface area contributed by atoms with Gasteiger partial charge >= 0.3 is 6.03 Å². The van der Waals surface area contributed by atoms with E-state index in [0.717, 1.165) is 31.2 Å². The molecule has 3 rings (SSSR count). The monoisotopic (exact) mass is 432 g/mol. The number of urea groups is 1. The Labute approximate surface area is 177 Å². The number of benzene rings is 1. The van der Waals surface area contributed by atoms with Gasteiger partial charge in [-0.2, -0.15) is 0 Å². The molecule has 162 valence electrons. The molecule has 1 saturated carbocycles. The molecule has 0 aliphatic heterocycles. The van der Waals surface area contributed by atoms with Crippen molar-refractivity contribution in [1.29, 1.82) is 0 Å². The molecule has 2 amide bonds. The van der Waals surface area contributed by atoms with Gasteiger partial charge in [-0.15, -0.1) is 0 Å². The summed E-state index contributed by atoms with van der Waals surface area (Å²) in [6, 6.07) is 9.39. The van der Waals surface area contributed by atoms with Crippen molar-refractivity contribution in [2.45, 2.75) is 43.2 Å². The lowest BCUT2D eigenvalue weighted by Crippen LogP contribution is -2.33. The molecule has 0 radical (unpaired) electrons. The zero-order valence-corrected chi connectivity index (χ0v) is 17.8. The fourth-order valence-electron chi connectivity index (χ4n) is 3.53. The molecule has 3 N–H and O–H groups in total. The Balaban J connectivity index is 1.49. The minimum Gasteiger partial charge on any atom is -0.381 e. The lowest BCUT2D eigenvalue weighted by atomic mass is 9.87. The van der Waals surface area contributed by atoms with E-state index in [0.29, 0.717) is 18.8 Å². The largest absolute Gasteiger partial charge is 0.381 e. The van der Waals surface area contributed by atoms with Crippen molar-refractivity contribution in [3.63, 3.8) is 0 Å². The average molecular weight is 433 g/mol. The number of nitrogens with one attached hydrogen (secondary N) is 3. The number of anilines is 1. The van der Waals surface area contributed by atoms with Crippen LogP contribution in [0, 0.1) is 5.92 Å². The average Bonchev–Trinajstić information content (AvgIpc) is 2.77. The molecule has 1 aliphatic rings. The van der Waals surface area contributed by atoms with Gasteiger partial charge in [0.25, 0.3) is 0 Å². The van der Waals surface area contributed by atoms with Crippen molar-refractivity contribution < 1.29 is 17.9 Å². The van der Waals surface area contributed by atoms with Gasteiger partial charge < -0.3 is 15.4 Å². The maximum absolute atomic E-state index is 12.6. The number of pyridine rings is 1. The van der Waals surface area contributed by atoms with Gasteiger partial charge in [-0.1, -0.05) is 12.5 Å². The first kappa shape index (κ1) is 22.2. The number of sulfonamides is 1. The lowest BCUT2D eigenvalue weighted by molar-refractivity contribution is 0.0517. The standard InChI is InChI=1S/C21H28N4O4S/c1-29-19-6-2-4-16(12-19)15-24-30(27,28)20-9-7-18(8-10-20)25-21(26)23-14-17-5-3-11-22-13-17/h3,5,7-11,13,16,19,24H,2,4,6,12,14-15H2,1H3,(H2,23,25,26). The number of hydrogen-bond acceptors (Lipinski definition) is 5. The predicted molar refractivity (Wildman–Crippen MR) is 114 cm³/mol. The van der Waals surface area contributed by atoms with E-state index in [1.165, 1.54) is 12.1 Å². The molecule has 0 bridgehead atoms. The van der Waals surface area contributed by atoms with Crippen LogP contribution in [0.3, 0.4) is 0 Å². The highest BCUT2D eigenvalue weighted by molar-refractivity contribution is 7.89. The van der Waals surface area contributed by atoms with Crippen LogP contribution in [0.4, 0.5) is 10.5 Å². The van der Waals surface area contributed by atoms with Gasteiger partial charge in [0.1, 0.15) is 0 Å². The summed E-state index contributed by atoms with van der Waals surface area (Å²) < 4.78 is 33.2. The van der Waals surface area contributed by atoms with Crippen LogP contribution in [-0.4, -0.2) is 39.2 Å². The highest BCUT2D eigenvalue weighted by Crippen LogP contribution is 2.26. The second kappa shape index (κ2) is 10.5. The molecule has 2 aromatic rings. The topological polar surface area (TPSA) is 109 Å². The summed E-state index contributed by atoms with van der Waals surface area (Å²) in [7, 11) is -1.90. The second-order valence-electron chi connectivity index (χ2n) is 7.44. The number of carbonyl (C=O) groups is 1. The molecule has 0 saturated heterocycles. The molecule has 9 heteroatoms. The van der Waals surface area contributed by atoms with Crippen molar-refractivity contribution in [2.24, 2.45) is 5.92 Å². The Hall–Kier alpha value is -2.49. The molecule has 30 heavy (non-hydrogen) atoms. The van der Waals surface area contributed by atoms with Gasteiger partial charge in [-0.3, -0.25) is 4.98 Å². The van der Waals surface area contributed by atoms with Crippen LogP contribution in [-0.2, 0) is 21.3 Å². The van der Waals surface area contributed by atoms with Crippen molar-refractivity contribution >= 4 is 21.7 Å². The maximum atomic E-state index is 12.6. The fraction of sp³-hybridized carbons (Fsp3) is 0.429. The number of rotatable bonds is 8. The van der Waals surface area contributed by atoms with Crippen LogP contribution >= 0.6 is 0 Å². The minimum absolute atomic E-state index is 0.169. The Bertz CT molecular complexity index is 920. The number of carbonyl (C=O) groups excluding carboxylic acids is 1. The molecular weight excluding hydrogens is 404 g/mol. The Morgan fingerprint density at radius 3 is 2.70 bits per heavy atom. The third-order valence-electron chi connectivity index (χ3n) is 5.23. The molecule has 1 aromatic heterocycles. The summed E-state index contributed by atoms with van der Waals surface area (Å²) in [5.74, 6) is 0.280. The van der Waals surface area contributed by atoms with E-state index in [9.17, 15) is 13.2 Å². The predicted octanol–water partition coefficient (Wildman–Crippen LogP) is 2.89. The summed E-state index contributed by atoms with van der Waals surface area (Å²) in [5.41, 5.74) is 1.39. The van der Waals surface area contributed by atoms with E-state index < -0.39 is 10.0 Å². The Morgan fingerprint density at radius 2 is 2.00 bits per heavy atom. The Morgan fingerprint density at radius 1 is 1.20 bits per heavy atom. The molecule has 1 heterocycles. The van der Waals surface area contributed by atoms with Crippen LogP contribution in [0.2, 0.25) is 0 Å². The fourth-order valence-corrected chi connectivity index (χ4v) is 4.65. The summed E-state index contributed by atoms with van der Waals surface area (Å²) in [4.78, 5) is 16.2. The van der Waals surface area contributed by atoms with Gasteiger partial charge in [-0.05, 0) is 61.1 Å². The Kier molecular flexibility index (Phi) is 7.78. The number of ether oxygens (including phenoxy) is 1. The highest BCUT2D eigenvalue weighted by atomic mass is 32.2. The summed E-state index contributed by atoms with van der Waals surface area (Å²) in [6.07, 6.45) is 7.51. The molecule has 0 spiro atoms. The van der Waals surface area contributed by atoms with E-state index in [-0.39, 0.29) is 22.9 Å². The first-order chi connectivity index (χ1) is 14.5. The van der Waals surface area contributed by atoms with Crippen LogP contribution in [0.5, 0.6) is 0 Å². The summed E-state index contributed by atoms with van der Waals surface area (Å²) >= 11 is 0. The van der Waals surface area contributed by atoms with Gasteiger partial charge in [-0.25, -0.2) is 17.9 Å². The van der Waals surface area contributed by atoms with E-state index in [4.69, 9.17) is 4.74 Å². The lowest BCUT2D eigenvalue weighted by Gasteiger charge is -2.28. The second-order valence-corrected chi connectivity index (χ2v) is 9.20. The van der Waals surface area contributed by atoms with Crippen molar-refractivity contribution in [1.82, 2.24) is 15.0 Å². The van der Waals surface area contributed by atoms with E-state index in [1.54, 1.807) is 37.7 Å². The first-order valence-electron chi connectivity index (χ1n) is 10.0. The number of amides is 2. The number of hydrogen-bond donors (Lipinski definition) is 3. The zero-order chi connectivity index (χ0) is 21.4. The molecule has 2 unspecified atom stereocenters. The molecule has 2 atom stereocenters. The van der Waals surface area contributed by atoms with E-state index >= 15 is 0 Å². The molecule has 1 aliphatic carbocycles. The van der Waals surface area contributed by atoms with Crippen LogP contribution in [0.1, 0.15) is 31.2 Å². The summed E-state index contributed by atoms with van der Waals surface area (Å²) in [6.45, 7) is 0.750. The van der Waals surface area contributed by atoms with E-state index in [1.807, 2.05) is 6.07 Å². The maximum Gasteiger partial charge on any atom is 0.319 e. The third kappa shape index (κ3) is 6.51. The van der Waals surface area contributed by atoms with Crippen LogP contribution in [0.25, 0.3) is 0 Å². The van der Waals surface area contributed by atoms with Gasteiger partial charge in [0.05, 0.1) is 11.0 Å². The van der Waals surface area contributed by atoms with Gasteiger partial charge in [0.15, 0.2) is 0 Å². The first-order valence-corrected chi connectivity index (χ1v) is 11.5.